The lowest BCUT2D eigenvalue weighted by Gasteiger charge is -2.38. The highest BCUT2D eigenvalue weighted by Gasteiger charge is 2.42. The first-order chi connectivity index (χ1) is 18.3. The Hall–Kier alpha value is -3.23. The van der Waals surface area contributed by atoms with Crippen molar-refractivity contribution in [1.82, 2.24) is 0 Å². The minimum absolute atomic E-state index is 0.205. The second-order valence-electron chi connectivity index (χ2n) is 11.1. The Kier molecular flexibility index (Phi) is 6.27. The standard InChI is InChI=1S/C30H32N2O4SSi/c1-19-26(30(36-18-33)37-28(19)29(34)35)27-22-10-8-20(31-12-4-5-13-31)16-24(22)38(2,3)25-17-21(9-11-23(25)27)32-14-6-7-15-32/h8-11,16-18H,4-7,12-15H2,1-3H3/p+1. The number of carbonyl (C=O) groups excluding carboxylic acids is 1. The van der Waals surface area contributed by atoms with Crippen molar-refractivity contribution in [3.63, 3.8) is 0 Å². The Bertz CT molecular complexity index is 1480. The van der Waals surface area contributed by atoms with E-state index in [2.05, 4.69) is 59.0 Å². The fourth-order valence-corrected chi connectivity index (χ4v) is 10.6. The van der Waals surface area contributed by atoms with Crippen molar-refractivity contribution in [3.05, 3.63) is 68.8 Å². The van der Waals surface area contributed by atoms with Crippen molar-refractivity contribution in [2.24, 2.45) is 0 Å². The lowest BCUT2D eigenvalue weighted by atomic mass is 9.88. The molecule has 4 aliphatic rings. The zero-order valence-electron chi connectivity index (χ0n) is 22.2. The van der Waals surface area contributed by atoms with Gasteiger partial charge in [0.25, 0.3) is 6.47 Å². The first-order valence-electron chi connectivity index (χ1n) is 13.4. The van der Waals surface area contributed by atoms with Crippen molar-refractivity contribution in [2.75, 3.05) is 31.1 Å². The number of carbonyl (C=O) groups is 2. The molecule has 0 spiro atoms. The summed E-state index contributed by atoms with van der Waals surface area (Å²) in [5.74, 6) is -1.00. The number of benzene rings is 1. The van der Waals surface area contributed by atoms with Crippen molar-refractivity contribution in [2.45, 2.75) is 45.7 Å². The van der Waals surface area contributed by atoms with Crippen molar-refractivity contribution >= 4 is 54.0 Å². The van der Waals surface area contributed by atoms with Crippen LogP contribution in [0.25, 0.3) is 5.57 Å². The number of carboxylic acid groups (broad SMARTS) is 1. The predicted molar refractivity (Wildman–Crippen MR) is 155 cm³/mol. The molecule has 196 valence electrons. The lowest BCUT2D eigenvalue weighted by Crippen LogP contribution is -2.50. The van der Waals surface area contributed by atoms with Crippen LogP contribution in [0.15, 0.2) is 47.2 Å². The number of hydrogen-bond acceptors (Lipinski definition) is 5. The summed E-state index contributed by atoms with van der Waals surface area (Å²) in [5, 5.41) is 13.0. The molecular formula is C30H33N2O4SSi+. The minimum atomic E-state index is -2.14. The topological polar surface area (TPSA) is 69.8 Å². The van der Waals surface area contributed by atoms with Crippen LogP contribution in [0.3, 0.4) is 0 Å². The van der Waals surface area contributed by atoms with Crippen LogP contribution in [-0.4, -0.2) is 62.1 Å². The quantitative estimate of drug-likeness (QED) is 0.329. The highest BCUT2D eigenvalue weighted by atomic mass is 32.1. The smallest absolute Gasteiger partial charge is 0.346 e. The van der Waals surface area contributed by atoms with Gasteiger partial charge in [-0.1, -0.05) is 30.5 Å². The van der Waals surface area contributed by atoms with Gasteiger partial charge in [-0.05, 0) is 65.1 Å². The molecule has 1 aromatic heterocycles. The second-order valence-corrected chi connectivity index (χ2v) is 16.4. The Morgan fingerprint density at radius 3 is 2.55 bits per heavy atom. The largest absolute Gasteiger partial charge is 0.477 e. The maximum Gasteiger partial charge on any atom is 0.346 e. The van der Waals surface area contributed by atoms with E-state index in [1.807, 2.05) is 6.92 Å². The summed E-state index contributed by atoms with van der Waals surface area (Å²) >= 11 is 1.03. The van der Waals surface area contributed by atoms with Gasteiger partial charge in [0.05, 0.1) is 0 Å². The maximum absolute atomic E-state index is 12.1. The highest BCUT2D eigenvalue weighted by molar-refractivity contribution is 7.16. The van der Waals surface area contributed by atoms with Crippen LogP contribution in [-0.2, 0) is 4.79 Å². The molecule has 3 aliphatic heterocycles. The Balaban J connectivity index is 1.65. The fraction of sp³-hybridized carbons (Fsp3) is 0.367. The SMILES string of the molecule is Cc1c(C(=O)O)sc(OC=O)c1C1=C2C=CC(=[N+]3CCCC3)C=C2[Si](C)(C)c2cc(N3CCCC3)ccc21. The van der Waals surface area contributed by atoms with Crippen molar-refractivity contribution in [1.29, 1.82) is 0 Å². The molecule has 2 saturated heterocycles. The van der Waals surface area contributed by atoms with Crippen molar-refractivity contribution < 1.29 is 24.0 Å². The molecule has 2 fully saturated rings. The zero-order chi connectivity index (χ0) is 26.6. The van der Waals surface area contributed by atoms with Crippen LogP contribution in [0.4, 0.5) is 5.69 Å². The minimum Gasteiger partial charge on any atom is -0.477 e. The van der Waals surface area contributed by atoms with E-state index in [0.717, 1.165) is 54.2 Å². The van der Waals surface area contributed by atoms with Crippen molar-refractivity contribution in [3.8, 4) is 5.06 Å². The monoisotopic (exact) mass is 545 g/mol. The second kappa shape index (κ2) is 9.50. The van der Waals surface area contributed by atoms with E-state index in [1.54, 1.807) is 0 Å². The molecular weight excluding hydrogens is 512 g/mol. The Labute approximate surface area is 228 Å². The van der Waals surface area contributed by atoms with Gasteiger partial charge in [0.15, 0.2) is 10.8 Å². The summed E-state index contributed by atoms with van der Waals surface area (Å²) in [6.07, 6.45) is 11.7. The van der Waals surface area contributed by atoms with E-state index >= 15 is 0 Å². The molecule has 6 rings (SSSR count). The zero-order valence-corrected chi connectivity index (χ0v) is 24.0. The van der Waals surface area contributed by atoms with Gasteiger partial charge in [0, 0.05) is 54.9 Å². The number of carboxylic acids is 1. The molecule has 0 atom stereocenters. The number of fused-ring (bicyclic) bond motifs is 2. The lowest BCUT2D eigenvalue weighted by molar-refractivity contribution is -0.504. The summed E-state index contributed by atoms with van der Waals surface area (Å²) < 4.78 is 7.91. The third-order valence-electron chi connectivity index (χ3n) is 8.55. The van der Waals surface area contributed by atoms with Gasteiger partial charge < -0.3 is 14.7 Å². The van der Waals surface area contributed by atoms with Crippen LogP contribution in [0.1, 0.15) is 52.0 Å². The van der Waals surface area contributed by atoms with E-state index in [1.165, 1.54) is 47.5 Å². The molecule has 8 heteroatoms. The molecule has 0 unspecified atom stereocenters. The molecule has 0 radical (unpaired) electrons. The van der Waals surface area contributed by atoms with Gasteiger partial charge in [-0.15, -0.1) is 0 Å². The molecule has 1 aliphatic carbocycles. The molecule has 0 amide bonds. The number of allylic oxidation sites excluding steroid dienone is 5. The third kappa shape index (κ3) is 3.93. The molecule has 4 heterocycles. The average Bonchev–Trinajstić information content (AvgIpc) is 3.68. The number of thiophene rings is 1. The van der Waals surface area contributed by atoms with Gasteiger partial charge in [0.2, 0.25) is 0 Å². The highest BCUT2D eigenvalue weighted by Crippen LogP contribution is 2.48. The van der Waals surface area contributed by atoms with E-state index in [4.69, 9.17) is 4.74 Å². The van der Waals surface area contributed by atoms with E-state index in [9.17, 15) is 14.7 Å². The number of rotatable bonds is 5. The van der Waals surface area contributed by atoms with Gasteiger partial charge >= 0.3 is 5.97 Å². The molecule has 0 bridgehead atoms. The van der Waals surface area contributed by atoms with Crippen LogP contribution in [0, 0.1) is 6.92 Å². The summed E-state index contributed by atoms with van der Waals surface area (Å²) in [6, 6.07) is 6.81. The number of aromatic carboxylic acids is 1. The number of ether oxygens (including phenoxy) is 1. The Morgan fingerprint density at radius 1 is 1.13 bits per heavy atom. The maximum atomic E-state index is 12.1. The summed E-state index contributed by atoms with van der Waals surface area (Å²) in [4.78, 5) is 26.3. The molecule has 2 aromatic rings. The number of nitrogens with zero attached hydrogens (tertiary/aromatic N) is 2. The van der Waals surface area contributed by atoms with E-state index < -0.39 is 14.0 Å². The number of anilines is 1. The summed E-state index contributed by atoms with van der Waals surface area (Å²) in [7, 11) is -2.14. The van der Waals surface area contributed by atoms with E-state index in [0.29, 0.717) is 22.7 Å². The van der Waals surface area contributed by atoms with E-state index in [-0.39, 0.29) is 4.88 Å². The average molecular weight is 546 g/mol. The first-order valence-corrected chi connectivity index (χ1v) is 17.3. The van der Waals surface area contributed by atoms with Crippen LogP contribution < -0.4 is 14.8 Å². The van der Waals surface area contributed by atoms with Gasteiger partial charge in [-0.3, -0.25) is 4.79 Å². The summed E-state index contributed by atoms with van der Waals surface area (Å²) in [6.45, 7) is 11.4. The van der Waals surface area contributed by atoms with Gasteiger partial charge in [-0.2, -0.15) is 0 Å². The summed E-state index contributed by atoms with van der Waals surface area (Å²) in [5.41, 5.74) is 7.10. The molecule has 1 aromatic carbocycles. The predicted octanol–water partition coefficient (Wildman–Crippen LogP) is 4.90. The molecule has 38 heavy (non-hydrogen) atoms. The molecule has 1 N–H and O–H groups in total. The molecule has 6 nitrogen and oxygen atoms in total. The van der Waals surface area contributed by atoms with Crippen LogP contribution >= 0.6 is 11.3 Å². The molecule has 0 saturated carbocycles. The Morgan fingerprint density at radius 2 is 1.87 bits per heavy atom. The third-order valence-corrected chi connectivity index (χ3v) is 13.2. The van der Waals surface area contributed by atoms with Gasteiger partial charge in [-0.25, -0.2) is 9.37 Å². The van der Waals surface area contributed by atoms with Crippen LogP contribution in [0.5, 0.6) is 5.06 Å². The first kappa shape index (κ1) is 25.1. The van der Waals surface area contributed by atoms with Crippen LogP contribution in [0.2, 0.25) is 13.1 Å². The fourth-order valence-electron chi connectivity index (χ4n) is 6.55. The van der Waals surface area contributed by atoms with Gasteiger partial charge in [0.1, 0.15) is 26.0 Å². The number of hydrogen-bond donors (Lipinski definition) is 1. The normalized spacial score (nSPS) is 20.0.